The molecule has 0 saturated carbocycles. The zero-order chi connectivity index (χ0) is 14.7. The van der Waals surface area contributed by atoms with Gasteiger partial charge in [0, 0.05) is 28.9 Å². The van der Waals surface area contributed by atoms with Crippen molar-refractivity contribution in [2.75, 3.05) is 0 Å². The third kappa shape index (κ3) is 3.35. The third-order valence-electron chi connectivity index (χ3n) is 2.70. The number of aryl methyl sites for hydroxylation is 1. The molecule has 4 nitrogen and oxygen atoms in total. The fraction of sp³-hybridized carbons (Fsp3) is 0.0714. The average Bonchev–Trinajstić information content (AvgIpc) is 2.38. The lowest BCUT2D eigenvalue weighted by molar-refractivity contribution is -0.384. The molecule has 0 fully saturated rings. The van der Waals surface area contributed by atoms with Crippen LogP contribution in [0.5, 0.6) is 0 Å². The maximum Gasteiger partial charge on any atom is 0.269 e. The number of nitro groups is 1. The maximum atomic E-state index is 10.7. The first-order chi connectivity index (χ1) is 9.47. The first-order valence-corrected chi connectivity index (χ1v) is 6.47. The molecule has 0 amide bonds. The summed E-state index contributed by atoms with van der Waals surface area (Å²) in [6.45, 7) is 1.77. The molecule has 6 heteroatoms. The van der Waals surface area contributed by atoms with Gasteiger partial charge in [0.15, 0.2) is 0 Å². The van der Waals surface area contributed by atoms with E-state index in [1.807, 2.05) is 0 Å². The van der Waals surface area contributed by atoms with Crippen molar-refractivity contribution in [3.8, 4) is 0 Å². The molecule has 0 spiro atoms. The predicted octanol–water partition coefficient (Wildman–Crippen LogP) is 4.96. The highest BCUT2D eigenvalue weighted by atomic mass is 35.5. The Bertz CT molecular complexity index is 700. The Balaban J connectivity index is 2.29. The molecule has 0 radical (unpaired) electrons. The van der Waals surface area contributed by atoms with Gasteiger partial charge in [-0.15, -0.1) is 0 Å². The summed E-state index contributed by atoms with van der Waals surface area (Å²) in [7, 11) is 0. The van der Waals surface area contributed by atoms with Crippen LogP contribution in [0.25, 0.3) is 0 Å². The molecule has 0 saturated heterocycles. The van der Waals surface area contributed by atoms with Crippen molar-refractivity contribution in [3.05, 3.63) is 67.7 Å². The molecule has 0 atom stereocenters. The summed E-state index contributed by atoms with van der Waals surface area (Å²) in [6.07, 6.45) is 1.60. The fourth-order valence-corrected chi connectivity index (χ4v) is 2.10. The van der Waals surface area contributed by atoms with Gasteiger partial charge in [-0.2, -0.15) is 0 Å². The average molecular weight is 309 g/mol. The number of aliphatic imine (C=N–C) groups is 1. The number of nitrogens with zero attached hydrogens (tertiary/aromatic N) is 2. The predicted molar refractivity (Wildman–Crippen MR) is 81.5 cm³/mol. The van der Waals surface area contributed by atoms with E-state index in [-0.39, 0.29) is 5.69 Å². The van der Waals surface area contributed by atoms with Gasteiger partial charge in [0.25, 0.3) is 5.69 Å². The molecule has 20 heavy (non-hydrogen) atoms. The number of halogens is 2. The van der Waals surface area contributed by atoms with Crippen molar-refractivity contribution >= 4 is 40.8 Å². The summed E-state index contributed by atoms with van der Waals surface area (Å²) in [6, 6.07) is 9.62. The standard InChI is InChI=1S/C14H10Cl2N2O2/c1-9-6-12(18(19)20)4-5-14(9)17-8-10-2-3-11(15)7-13(10)16/h2-8H,1H3. The number of hydrogen-bond acceptors (Lipinski definition) is 3. The van der Waals surface area contributed by atoms with Crippen LogP contribution < -0.4 is 0 Å². The van der Waals surface area contributed by atoms with Crippen LogP contribution >= 0.6 is 23.2 Å². The fourth-order valence-electron chi connectivity index (χ4n) is 1.64. The van der Waals surface area contributed by atoms with Gasteiger partial charge < -0.3 is 0 Å². The number of non-ortho nitro benzene ring substituents is 1. The Morgan fingerprint density at radius 2 is 1.95 bits per heavy atom. The minimum Gasteiger partial charge on any atom is -0.258 e. The molecule has 0 bridgehead atoms. The van der Waals surface area contributed by atoms with E-state index in [1.165, 1.54) is 12.1 Å². The van der Waals surface area contributed by atoms with Gasteiger partial charge in [-0.05, 0) is 30.7 Å². The Labute approximate surface area is 125 Å². The van der Waals surface area contributed by atoms with Crippen LogP contribution in [0.3, 0.4) is 0 Å². The van der Waals surface area contributed by atoms with Crippen molar-refractivity contribution in [1.82, 2.24) is 0 Å². The van der Waals surface area contributed by atoms with Crippen molar-refractivity contribution in [2.24, 2.45) is 4.99 Å². The van der Waals surface area contributed by atoms with E-state index in [4.69, 9.17) is 23.2 Å². The molecule has 0 aliphatic heterocycles. The van der Waals surface area contributed by atoms with Crippen molar-refractivity contribution in [2.45, 2.75) is 6.92 Å². The first kappa shape index (κ1) is 14.5. The Kier molecular flexibility index (Phi) is 4.37. The van der Waals surface area contributed by atoms with Gasteiger partial charge in [-0.25, -0.2) is 0 Å². The maximum absolute atomic E-state index is 10.7. The van der Waals surface area contributed by atoms with E-state index < -0.39 is 4.92 Å². The summed E-state index contributed by atoms with van der Waals surface area (Å²) in [5.41, 5.74) is 2.15. The van der Waals surface area contributed by atoms with Crippen LogP contribution in [0.4, 0.5) is 11.4 Å². The van der Waals surface area contributed by atoms with Crippen LogP contribution in [-0.2, 0) is 0 Å². The molecule has 2 aromatic rings. The lowest BCUT2D eigenvalue weighted by atomic mass is 10.2. The summed E-state index contributed by atoms with van der Waals surface area (Å²) >= 11 is 11.9. The normalized spacial score (nSPS) is 10.9. The number of benzene rings is 2. The van der Waals surface area contributed by atoms with Gasteiger partial charge in [-0.1, -0.05) is 29.3 Å². The lowest BCUT2D eigenvalue weighted by Crippen LogP contribution is -1.88. The highest BCUT2D eigenvalue weighted by Crippen LogP contribution is 2.25. The smallest absolute Gasteiger partial charge is 0.258 e. The molecule has 0 unspecified atom stereocenters. The zero-order valence-corrected chi connectivity index (χ0v) is 12.0. The van der Waals surface area contributed by atoms with Crippen LogP contribution in [0.2, 0.25) is 10.0 Å². The molecule has 0 aliphatic carbocycles. The molecule has 0 N–H and O–H groups in total. The number of hydrogen-bond donors (Lipinski definition) is 0. The molecule has 2 aromatic carbocycles. The van der Waals surface area contributed by atoms with E-state index in [9.17, 15) is 10.1 Å². The second-order valence-corrected chi connectivity index (χ2v) is 5.00. The van der Waals surface area contributed by atoms with Crippen LogP contribution in [0, 0.1) is 17.0 Å². The minimum absolute atomic E-state index is 0.0472. The van der Waals surface area contributed by atoms with Gasteiger partial charge in [0.05, 0.1) is 15.6 Å². The van der Waals surface area contributed by atoms with Crippen molar-refractivity contribution in [1.29, 1.82) is 0 Å². The second kappa shape index (κ2) is 6.03. The quantitative estimate of drug-likeness (QED) is 0.457. The van der Waals surface area contributed by atoms with Gasteiger partial charge >= 0.3 is 0 Å². The Hall–Kier alpha value is -1.91. The van der Waals surface area contributed by atoms with Gasteiger partial charge in [-0.3, -0.25) is 15.1 Å². The van der Waals surface area contributed by atoms with E-state index in [2.05, 4.69) is 4.99 Å². The van der Waals surface area contributed by atoms with Gasteiger partial charge in [0.1, 0.15) is 0 Å². The topological polar surface area (TPSA) is 55.5 Å². The molecule has 102 valence electrons. The SMILES string of the molecule is Cc1cc([N+](=O)[O-])ccc1N=Cc1ccc(Cl)cc1Cl. The van der Waals surface area contributed by atoms with Crippen LogP contribution in [0.1, 0.15) is 11.1 Å². The Morgan fingerprint density at radius 1 is 1.20 bits per heavy atom. The molecule has 0 heterocycles. The monoisotopic (exact) mass is 308 g/mol. The van der Waals surface area contributed by atoms with Crippen LogP contribution in [-0.4, -0.2) is 11.1 Å². The summed E-state index contributed by atoms with van der Waals surface area (Å²) in [5, 5.41) is 11.7. The molecule has 0 aromatic heterocycles. The minimum atomic E-state index is -0.434. The highest BCUT2D eigenvalue weighted by Gasteiger charge is 2.07. The summed E-state index contributed by atoms with van der Waals surface area (Å²) in [5.74, 6) is 0. The second-order valence-electron chi connectivity index (χ2n) is 4.15. The van der Waals surface area contributed by atoms with E-state index in [0.717, 1.165) is 11.1 Å². The number of nitro benzene ring substituents is 1. The molecule has 0 aliphatic rings. The lowest BCUT2D eigenvalue weighted by Gasteiger charge is -2.01. The zero-order valence-electron chi connectivity index (χ0n) is 10.5. The van der Waals surface area contributed by atoms with Crippen molar-refractivity contribution < 1.29 is 4.92 Å². The molecule has 2 rings (SSSR count). The molecular weight excluding hydrogens is 299 g/mol. The van der Waals surface area contributed by atoms with E-state index >= 15 is 0 Å². The highest BCUT2D eigenvalue weighted by molar-refractivity contribution is 6.36. The molecular formula is C14H10Cl2N2O2. The summed E-state index contributed by atoms with van der Waals surface area (Å²) < 4.78 is 0. The first-order valence-electron chi connectivity index (χ1n) is 5.71. The summed E-state index contributed by atoms with van der Waals surface area (Å²) in [4.78, 5) is 14.5. The number of rotatable bonds is 3. The van der Waals surface area contributed by atoms with Crippen molar-refractivity contribution in [3.63, 3.8) is 0 Å². The van der Waals surface area contributed by atoms with Crippen LogP contribution in [0.15, 0.2) is 41.4 Å². The largest absolute Gasteiger partial charge is 0.269 e. The van der Waals surface area contributed by atoms with Gasteiger partial charge in [0.2, 0.25) is 0 Å². The third-order valence-corrected chi connectivity index (χ3v) is 3.26. The Morgan fingerprint density at radius 3 is 2.55 bits per heavy atom. The van der Waals surface area contributed by atoms with E-state index in [1.54, 1.807) is 37.4 Å². The van der Waals surface area contributed by atoms with E-state index in [0.29, 0.717) is 15.7 Å².